The molecule has 0 aliphatic carbocycles. The van der Waals surface area contributed by atoms with Gasteiger partial charge in [0.05, 0.1) is 12.7 Å². The minimum Gasteiger partial charge on any atom is -0.494 e. The zero-order chi connectivity index (χ0) is 18.9. The number of nitrogens with zero attached hydrogens (tertiary/aromatic N) is 1. The number of amides is 1. The minimum atomic E-state index is -0.469. The molecule has 0 bridgehead atoms. The number of nitriles is 1. The molecule has 134 valence electrons. The van der Waals surface area contributed by atoms with Crippen LogP contribution >= 0.6 is 0 Å². The number of nitrogens with one attached hydrogen (secondary N) is 1. The predicted octanol–water partition coefficient (Wildman–Crippen LogP) is 4.42. The lowest BCUT2D eigenvalue weighted by Crippen LogP contribution is -2.13. The van der Waals surface area contributed by atoms with E-state index in [1.807, 2.05) is 32.9 Å². The Balaban J connectivity index is 2.12. The van der Waals surface area contributed by atoms with Crippen LogP contribution in [0.5, 0.6) is 11.5 Å². The molecule has 0 heterocycles. The zero-order valence-electron chi connectivity index (χ0n) is 15.2. The molecule has 26 heavy (non-hydrogen) atoms. The molecule has 0 aromatic heterocycles. The Kier molecular flexibility index (Phi) is 6.81. The van der Waals surface area contributed by atoms with Crippen molar-refractivity contribution in [2.45, 2.75) is 26.9 Å². The van der Waals surface area contributed by atoms with Crippen molar-refractivity contribution in [2.75, 3.05) is 11.9 Å². The van der Waals surface area contributed by atoms with Gasteiger partial charge in [-0.05, 0) is 56.7 Å². The topological polar surface area (TPSA) is 71.3 Å². The molecule has 0 fully saturated rings. The third kappa shape index (κ3) is 5.67. The molecule has 0 spiro atoms. The van der Waals surface area contributed by atoms with Gasteiger partial charge in [0, 0.05) is 11.8 Å². The minimum absolute atomic E-state index is 0.0179. The molecule has 2 rings (SSSR count). The maximum Gasteiger partial charge on any atom is 0.266 e. The molecule has 0 radical (unpaired) electrons. The summed E-state index contributed by atoms with van der Waals surface area (Å²) in [6.07, 6.45) is 1.58. The molecule has 0 aliphatic heterocycles. The summed E-state index contributed by atoms with van der Waals surface area (Å²) < 4.78 is 11.0. The van der Waals surface area contributed by atoms with E-state index in [4.69, 9.17) is 9.47 Å². The maximum absolute atomic E-state index is 12.4. The molecule has 0 aliphatic rings. The smallest absolute Gasteiger partial charge is 0.266 e. The van der Waals surface area contributed by atoms with Crippen molar-refractivity contribution in [3.05, 3.63) is 59.7 Å². The van der Waals surface area contributed by atoms with E-state index < -0.39 is 5.91 Å². The van der Waals surface area contributed by atoms with E-state index in [9.17, 15) is 10.1 Å². The summed E-state index contributed by atoms with van der Waals surface area (Å²) in [5, 5.41) is 12.0. The van der Waals surface area contributed by atoms with Gasteiger partial charge in [0.15, 0.2) is 0 Å². The summed E-state index contributed by atoms with van der Waals surface area (Å²) in [6, 6.07) is 16.2. The van der Waals surface area contributed by atoms with Crippen LogP contribution in [0.15, 0.2) is 54.1 Å². The Morgan fingerprint density at radius 2 is 1.92 bits per heavy atom. The van der Waals surface area contributed by atoms with E-state index in [1.165, 1.54) is 0 Å². The van der Waals surface area contributed by atoms with E-state index in [-0.39, 0.29) is 11.7 Å². The number of rotatable bonds is 7. The fourth-order valence-electron chi connectivity index (χ4n) is 2.26. The molecule has 2 aromatic carbocycles. The van der Waals surface area contributed by atoms with Gasteiger partial charge in [-0.15, -0.1) is 0 Å². The predicted molar refractivity (Wildman–Crippen MR) is 102 cm³/mol. The monoisotopic (exact) mass is 350 g/mol. The molecule has 0 unspecified atom stereocenters. The molecule has 5 nitrogen and oxygen atoms in total. The number of benzene rings is 2. The van der Waals surface area contributed by atoms with Crippen LogP contribution in [0.25, 0.3) is 6.08 Å². The first kappa shape index (κ1) is 19.1. The van der Waals surface area contributed by atoms with E-state index in [2.05, 4.69) is 5.32 Å². The number of hydrogen-bond acceptors (Lipinski definition) is 4. The lowest BCUT2D eigenvalue weighted by atomic mass is 10.1. The second-order valence-electron chi connectivity index (χ2n) is 5.82. The van der Waals surface area contributed by atoms with Gasteiger partial charge < -0.3 is 14.8 Å². The quantitative estimate of drug-likeness (QED) is 0.593. The lowest BCUT2D eigenvalue weighted by Gasteiger charge is -2.11. The van der Waals surface area contributed by atoms with Crippen LogP contribution < -0.4 is 14.8 Å². The highest BCUT2D eigenvalue weighted by molar-refractivity contribution is 6.09. The van der Waals surface area contributed by atoms with Gasteiger partial charge in [0.25, 0.3) is 5.91 Å². The van der Waals surface area contributed by atoms with E-state index >= 15 is 0 Å². The van der Waals surface area contributed by atoms with Crippen LogP contribution in [-0.4, -0.2) is 18.6 Å². The molecule has 1 N–H and O–H groups in total. The largest absolute Gasteiger partial charge is 0.494 e. The van der Waals surface area contributed by atoms with Crippen molar-refractivity contribution in [2.24, 2.45) is 0 Å². The van der Waals surface area contributed by atoms with Crippen molar-refractivity contribution >= 4 is 17.7 Å². The summed E-state index contributed by atoms with van der Waals surface area (Å²) in [6.45, 7) is 6.35. The Morgan fingerprint density at radius 3 is 2.54 bits per heavy atom. The Bertz CT molecular complexity index is 818. The van der Waals surface area contributed by atoms with Crippen LogP contribution in [0, 0.1) is 11.3 Å². The fraction of sp³-hybridized carbons (Fsp3) is 0.238. The number of ether oxygens (including phenoxy) is 2. The van der Waals surface area contributed by atoms with Crippen LogP contribution in [-0.2, 0) is 4.79 Å². The van der Waals surface area contributed by atoms with Crippen molar-refractivity contribution in [3.8, 4) is 17.6 Å². The number of carbonyl (C=O) groups is 1. The molecule has 2 aromatic rings. The molecule has 1 amide bonds. The highest BCUT2D eigenvalue weighted by atomic mass is 16.5. The molecule has 5 heteroatoms. The Labute approximate surface area is 153 Å². The number of anilines is 1. The second kappa shape index (κ2) is 9.28. The van der Waals surface area contributed by atoms with Gasteiger partial charge in [0.2, 0.25) is 0 Å². The molecule has 0 saturated heterocycles. The number of hydrogen-bond donors (Lipinski definition) is 1. The summed E-state index contributed by atoms with van der Waals surface area (Å²) in [4.78, 5) is 12.4. The van der Waals surface area contributed by atoms with E-state index in [0.29, 0.717) is 18.0 Å². The first-order valence-electron chi connectivity index (χ1n) is 8.44. The van der Waals surface area contributed by atoms with Crippen LogP contribution in [0.3, 0.4) is 0 Å². The summed E-state index contributed by atoms with van der Waals surface area (Å²) in [5.41, 5.74) is 1.34. The fourth-order valence-corrected chi connectivity index (χ4v) is 2.26. The molecule has 0 atom stereocenters. The van der Waals surface area contributed by atoms with Crippen LogP contribution in [0.1, 0.15) is 26.3 Å². The molecular formula is C21H22N2O3. The molecular weight excluding hydrogens is 328 g/mol. The van der Waals surface area contributed by atoms with E-state index in [0.717, 1.165) is 11.3 Å². The zero-order valence-corrected chi connectivity index (χ0v) is 15.2. The van der Waals surface area contributed by atoms with Gasteiger partial charge in [-0.2, -0.15) is 5.26 Å². The first-order chi connectivity index (χ1) is 12.5. The van der Waals surface area contributed by atoms with Gasteiger partial charge in [-0.1, -0.05) is 18.2 Å². The van der Waals surface area contributed by atoms with Crippen molar-refractivity contribution in [3.63, 3.8) is 0 Å². The normalized spacial score (nSPS) is 11.0. The first-order valence-corrected chi connectivity index (χ1v) is 8.44. The van der Waals surface area contributed by atoms with E-state index in [1.54, 1.807) is 48.5 Å². The lowest BCUT2D eigenvalue weighted by molar-refractivity contribution is -0.112. The third-order valence-corrected chi connectivity index (χ3v) is 3.33. The Morgan fingerprint density at radius 1 is 1.19 bits per heavy atom. The second-order valence-corrected chi connectivity index (χ2v) is 5.82. The average molecular weight is 350 g/mol. The molecule has 0 saturated carbocycles. The van der Waals surface area contributed by atoms with Crippen molar-refractivity contribution < 1.29 is 14.3 Å². The van der Waals surface area contributed by atoms with Gasteiger partial charge in [-0.25, -0.2) is 0 Å². The summed E-state index contributed by atoms with van der Waals surface area (Å²) in [7, 11) is 0. The summed E-state index contributed by atoms with van der Waals surface area (Å²) >= 11 is 0. The average Bonchev–Trinajstić information content (AvgIpc) is 2.61. The highest BCUT2D eigenvalue weighted by Crippen LogP contribution is 2.20. The van der Waals surface area contributed by atoms with Gasteiger partial charge in [-0.3, -0.25) is 4.79 Å². The highest BCUT2D eigenvalue weighted by Gasteiger charge is 2.10. The summed E-state index contributed by atoms with van der Waals surface area (Å²) in [5.74, 6) is 0.935. The van der Waals surface area contributed by atoms with Crippen molar-refractivity contribution in [1.82, 2.24) is 0 Å². The van der Waals surface area contributed by atoms with Gasteiger partial charge >= 0.3 is 0 Å². The standard InChI is InChI=1S/C21H22N2O3/c1-4-25-19-10-8-16(9-11-19)12-17(14-22)21(24)23-18-6-5-7-20(13-18)26-15(2)3/h5-13,15H,4H2,1-3H3,(H,23,24). The van der Waals surface area contributed by atoms with Crippen LogP contribution in [0.4, 0.5) is 5.69 Å². The SMILES string of the molecule is CCOc1ccc(C=C(C#N)C(=O)Nc2cccc(OC(C)C)c2)cc1. The Hall–Kier alpha value is -3.26. The maximum atomic E-state index is 12.4. The van der Waals surface area contributed by atoms with Crippen LogP contribution in [0.2, 0.25) is 0 Å². The van der Waals surface area contributed by atoms with Crippen molar-refractivity contribution in [1.29, 1.82) is 5.26 Å². The van der Waals surface area contributed by atoms with Gasteiger partial charge in [0.1, 0.15) is 23.1 Å². The number of carbonyl (C=O) groups excluding carboxylic acids is 1. The third-order valence-electron chi connectivity index (χ3n) is 3.33.